The summed E-state index contributed by atoms with van der Waals surface area (Å²) in [4.78, 5) is 0. The largest absolute Gasteiger partial charge is 0.378 e. The Morgan fingerprint density at radius 1 is 1.27 bits per heavy atom. The summed E-state index contributed by atoms with van der Waals surface area (Å²) in [6.07, 6.45) is 4.12. The lowest BCUT2D eigenvalue weighted by atomic mass is 9.95. The maximum absolute atomic E-state index is 5.76. The molecule has 1 aliphatic rings. The molecule has 2 unspecified atom stereocenters. The van der Waals surface area contributed by atoms with Gasteiger partial charge in [-0.25, -0.2) is 0 Å². The van der Waals surface area contributed by atoms with Crippen molar-refractivity contribution in [3.8, 4) is 0 Å². The molecule has 0 aromatic heterocycles. The Morgan fingerprint density at radius 3 is 2.60 bits per heavy atom. The summed E-state index contributed by atoms with van der Waals surface area (Å²) in [6, 6.07) is 0.685. The van der Waals surface area contributed by atoms with Crippen molar-refractivity contribution < 1.29 is 4.74 Å². The quantitative estimate of drug-likeness (QED) is 0.758. The zero-order valence-corrected chi connectivity index (χ0v) is 10.8. The van der Waals surface area contributed by atoms with E-state index >= 15 is 0 Å². The van der Waals surface area contributed by atoms with E-state index in [9.17, 15) is 0 Å². The number of hydrogen-bond donors (Lipinski definition) is 1. The lowest BCUT2D eigenvalue weighted by Crippen LogP contribution is -2.41. The van der Waals surface area contributed by atoms with Crippen LogP contribution < -0.4 is 5.32 Å². The lowest BCUT2D eigenvalue weighted by molar-refractivity contribution is -0.0243. The Kier molecular flexibility index (Phi) is 5.62. The fraction of sp³-hybridized carbons (Fsp3) is 1.00. The number of hydrogen-bond acceptors (Lipinski definition) is 2. The molecule has 2 heteroatoms. The molecular weight excluding hydrogens is 186 g/mol. The molecule has 0 spiro atoms. The second-order valence-corrected chi connectivity index (χ2v) is 5.51. The molecular formula is C13H27NO. The average Bonchev–Trinajstić information content (AvgIpc) is 2.17. The Bertz CT molecular complexity index is 168. The summed E-state index contributed by atoms with van der Waals surface area (Å²) in [5, 5.41) is 3.66. The maximum atomic E-state index is 5.76. The fourth-order valence-electron chi connectivity index (χ4n) is 2.05. The van der Waals surface area contributed by atoms with E-state index in [1.54, 1.807) is 0 Å². The van der Waals surface area contributed by atoms with Gasteiger partial charge in [-0.1, -0.05) is 27.7 Å². The summed E-state index contributed by atoms with van der Waals surface area (Å²) in [5.74, 6) is 1.46. The molecule has 1 heterocycles. The van der Waals surface area contributed by atoms with Gasteiger partial charge >= 0.3 is 0 Å². The highest BCUT2D eigenvalue weighted by atomic mass is 16.5. The molecule has 15 heavy (non-hydrogen) atoms. The van der Waals surface area contributed by atoms with E-state index in [1.165, 1.54) is 19.3 Å². The van der Waals surface area contributed by atoms with Crippen LogP contribution in [0.15, 0.2) is 0 Å². The molecule has 0 saturated carbocycles. The van der Waals surface area contributed by atoms with Crippen LogP contribution in [-0.2, 0) is 4.74 Å². The first-order valence-electron chi connectivity index (χ1n) is 6.44. The Labute approximate surface area is 94.8 Å². The summed E-state index contributed by atoms with van der Waals surface area (Å²) >= 11 is 0. The smallest absolute Gasteiger partial charge is 0.0612 e. The van der Waals surface area contributed by atoms with Crippen LogP contribution in [0.4, 0.5) is 0 Å². The molecule has 90 valence electrons. The Morgan fingerprint density at radius 2 is 2.00 bits per heavy atom. The van der Waals surface area contributed by atoms with Gasteiger partial charge in [0.2, 0.25) is 0 Å². The molecule has 0 amide bonds. The summed E-state index contributed by atoms with van der Waals surface area (Å²) < 4.78 is 5.76. The molecule has 0 radical (unpaired) electrons. The van der Waals surface area contributed by atoms with Crippen molar-refractivity contribution in [2.24, 2.45) is 11.8 Å². The van der Waals surface area contributed by atoms with E-state index in [4.69, 9.17) is 4.74 Å². The van der Waals surface area contributed by atoms with Gasteiger partial charge in [0.05, 0.1) is 6.10 Å². The molecule has 2 nitrogen and oxygen atoms in total. The van der Waals surface area contributed by atoms with Crippen molar-refractivity contribution >= 4 is 0 Å². The van der Waals surface area contributed by atoms with Crippen molar-refractivity contribution in [3.05, 3.63) is 0 Å². The SMILES string of the molecule is CC(C)CCNC1CCOC(C(C)C)C1. The third kappa shape index (κ3) is 4.98. The molecule has 1 aliphatic heterocycles. The Balaban J connectivity index is 2.18. The number of rotatable bonds is 5. The highest BCUT2D eigenvalue weighted by molar-refractivity contribution is 4.78. The third-order valence-corrected chi connectivity index (χ3v) is 3.21. The zero-order valence-electron chi connectivity index (χ0n) is 10.8. The average molecular weight is 213 g/mol. The maximum Gasteiger partial charge on any atom is 0.0612 e. The van der Waals surface area contributed by atoms with Crippen LogP contribution in [0.25, 0.3) is 0 Å². The van der Waals surface area contributed by atoms with E-state index in [-0.39, 0.29) is 0 Å². The van der Waals surface area contributed by atoms with Gasteiger partial charge < -0.3 is 10.1 Å². The number of ether oxygens (including phenoxy) is 1. The molecule has 1 rings (SSSR count). The first kappa shape index (κ1) is 13.0. The van der Waals surface area contributed by atoms with Crippen LogP contribution >= 0.6 is 0 Å². The summed E-state index contributed by atoms with van der Waals surface area (Å²) in [5.41, 5.74) is 0. The third-order valence-electron chi connectivity index (χ3n) is 3.21. The molecule has 1 fully saturated rings. The van der Waals surface area contributed by atoms with Crippen LogP contribution in [0, 0.1) is 11.8 Å². The van der Waals surface area contributed by atoms with E-state index in [2.05, 4.69) is 33.0 Å². The molecule has 0 aromatic rings. The second kappa shape index (κ2) is 6.49. The van der Waals surface area contributed by atoms with Crippen molar-refractivity contribution in [2.75, 3.05) is 13.2 Å². The monoisotopic (exact) mass is 213 g/mol. The van der Waals surface area contributed by atoms with Gasteiger partial charge in [-0.2, -0.15) is 0 Å². The minimum atomic E-state index is 0.468. The van der Waals surface area contributed by atoms with Crippen molar-refractivity contribution in [3.63, 3.8) is 0 Å². The van der Waals surface area contributed by atoms with Crippen LogP contribution in [0.1, 0.15) is 47.0 Å². The minimum absolute atomic E-state index is 0.468. The number of nitrogens with one attached hydrogen (secondary N) is 1. The molecule has 1 N–H and O–H groups in total. The van der Waals surface area contributed by atoms with Gasteiger partial charge in [0.15, 0.2) is 0 Å². The van der Waals surface area contributed by atoms with Gasteiger partial charge in [-0.15, -0.1) is 0 Å². The van der Waals surface area contributed by atoms with Gasteiger partial charge in [0.1, 0.15) is 0 Å². The van der Waals surface area contributed by atoms with Gasteiger partial charge in [0.25, 0.3) is 0 Å². The van der Waals surface area contributed by atoms with Crippen LogP contribution in [0.3, 0.4) is 0 Å². The van der Waals surface area contributed by atoms with E-state index in [0.717, 1.165) is 19.1 Å². The fourth-order valence-corrected chi connectivity index (χ4v) is 2.05. The summed E-state index contributed by atoms with van der Waals surface area (Å²) in [6.45, 7) is 11.2. The van der Waals surface area contributed by atoms with Crippen LogP contribution in [0.2, 0.25) is 0 Å². The van der Waals surface area contributed by atoms with Gasteiger partial charge in [-0.05, 0) is 37.6 Å². The normalized spacial score (nSPS) is 27.6. The second-order valence-electron chi connectivity index (χ2n) is 5.51. The highest BCUT2D eigenvalue weighted by Gasteiger charge is 2.24. The van der Waals surface area contributed by atoms with E-state index < -0.39 is 0 Å². The lowest BCUT2D eigenvalue weighted by Gasteiger charge is -2.32. The molecule has 2 atom stereocenters. The highest BCUT2D eigenvalue weighted by Crippen LogP contribution is 2.20. The Hall–Kier alpha value is -0.0800. The van der Waals surface area contributed by atoms with Crippen molar-refractivity contribution in [1.82, 2.24) is 5.32 Å². The predicted molar refractivity (Wildman–Crippen MR) is 65.1 cm³/mol. The summed E-state index contributed by atoms with van der Waals surface area (Å²) in [7, 11) is 0. The zero-order chi connectivity index (χ0) is 11.3. The molecule has 1 saturated heterocycles. The minimum Gasteiger partial charge on any atom is -0.378 e. The van der Waals surface area contributed by atoms with E-state index in [1.807, 2.05) is 0 Å². The first-order valence-corrected chi connectivity index (χ1v) is 6.44. The van der Waals surface area contributed by atoms with Gasteiger partial charge in [0, 0.05) is 12.6 Å². The first-order chi connectivity index (χ1) is 7.09. The molecule has 0 aliphatic carbocycles. The van der Waals surface area contributed by atoms with Crippen molar-refractivity contribution in [1.29, 1.82) is 0 Å². The van der Waals surface area contributed by atoms with E-state index in [0.29, 0.717) is 18.1 Å². The van der Waals surface area contributed by atoms with Crippen LogP contribution in [0.5, 0.6) is 0 Å². The topological polar surface area (TPSA) is 21.3 Å². The predicted octanol–water partition coefficient (Wildman–Crippen LogP) is 2.83. The van der Waals surface area contributed by atoms with Crippen molar-refractivity contribution in [2.45, 2.75) is 59.1 Å². The van der Waals surface area contributed by atoms with Gasteiger partial charge in [-0.3, -0.25) is 0 Å². The molecule has 0 bridgehead atoms. The standard InChI is InChI=1S/C13H27NO/c1-10(2)5-7-14-12-6-8-15-13(9-12)11(3)4/h10-14H,5-9H2,1-4H3. The molecule has 0 aromatic carbocycles. The van der Waals surface area contributed by atoms with Crippen LogP contribution in [-0.4, -0.2) is 25.3 Å².